The van der Waals surface area contributed by atoms with Crippen LogP contribution in [0.25, 0.3) is 5.57 Å². The normalized spacial score (nSPS) is 19.8. The largest absolute Gasteiger partial charge is 0.341 e. The van der Waals surface area contributed by atoms with E-state index in [1.54, 1.807) is 0 Å². The topological polar surface area (TPSA) is 48.5 Å². The number of carbonyl (C=O) groups is 1. The van der Waals surface area contributed by atoms with E-state index < -0.39 is 0 Å². The highest BCUT2D eigenvalue weighted by Crippen LogP contribution is 2.32. The number of benzene rings is 1. The molecule has 0 saturated carbocycles. The lowest BCUT2D eigenvalue weighted by Crippen LogP contribution is -2.50. The van der Waals surface area contributed by atoms with Crippen molar-refractivity contribution in [1.82, 2.24) is 9.88 Å². The van der Waals surface area contributed by atoms with Crippen molar-refractivity contribution >= 4 is 34.6 Å². The molecule has 0 aliphatic carbocycles. The van der Waals surface area contributed by atoms with E-state index in [1.807, 2.05) is 25.3 Å². The van der Waals surface area contributed by atoms with E-state index in [0.717, 1.165) is 48.1 Å². The number of aromatic nitrogens is 1. The first-order valence-corrected chi connectivity index (χ1v) is 10.6. The van der Waals surface area contributed by atoms with Crippen LogP contribution >= 0.6 is 11.6 Å². The van der Waals surface area contributed by atoms with Gasteiger partial charge in [0, 0.05) is 36.9 Å². The van der Waals surface area contributed by atoms with Crippen molar-refractivity contribution < 1.29 is 4.79 Å². The average molecular weight is 411 g/mol. The lowest BCUT2D eigenvalue weighted by molar-refractivity contribution is -0.117. The molecule has 0 saturated heterocycles. The molecular formula is C23H27ClN4O. The van der Waals surface area contributed by atoms with Gasteiger partial charge in [-0.1, -0.05) is 29.8 Å². The minimum Gasteiger partial charge on any atom is -0.341 e. The van der Waals surface area contributed by atoms with E-state index in [4.69, 9.17) is 16.6 Å². The van der Waals surface area contributed by atoms with Gasteiger partial charge < -0.3 is 10.2 Å². The molecule has 0 bridgehead atoms. The third-order valence-electron chi connectivity index (χ3n) is 5.69. The first-order chi connectivity index (χ1) is 13.9. The van der Waals surface area contributed by atoms with Crippen LogP contribution < -0.4 is 10.2 Å². The molecule has 0 fully saturated rings. The van der Waals surface area contributed by atoms with Gasteiger partial charge in [-0.25, -0.2) is 4.98 Å². The molecule has 152 valence electrons. The van der Waals surface area contributed by atoms with Crippen LogP contribution in [0.15, 0.2) is 42.6 Å². The maximum absolute atomic E-state index is 12.4. The molecular weight excluding hydrogens is 384 g/mol. The number of anilines is 2. The summed E-state index contributed by atoms with van der Waals surface area (Å²) in [5.74, 6) is 0.887. The lowest BCUT2D eigenvalue weighted by Gasteiger charge is -2.38. The molecule has 0 spiro atoms. The van der Waals surface area contributed by atoms with Crippen LogP contribution in [0, 0.1) is 0 Å². The smallest absolute Gasteiger partial charge is 0.246 e. The van der Waals surface area contributed by atoms with Crippen molar-refractivity contribution in [3.05, 3.63) is 58.8 Å². The van der Waals surface area contributed by atoms with Gasteiger partial charge >= 0.3 is 0 Å². The molecule has 2 aliphatic rings. The second kappa shape index (κ2) is 8.17. The number of carbonyl (C=O) groups excluding carboxylic acids is 1. The van der Waals surface area contributed by atoms with Crippen LogP contribution in [0.1, 0.15) is 38.3 Å². The highest BCUT2D eigenvalue weighted by atomic mass is 35.5. The zero-order chi connectivity index (χ0) is 20.5. The van der Waals surface area contributed by atoms with Crippen molar-refractivity contribution in [1.29, 1.82) is 0 Å². The fraction of sp³-hybridized carbons (Fsp3) is 0.391. The van der Waals surface area contributed by atoms with E-state index in [9.17, 15) is 4.79 Å². The van der Waals surface area contributed by atoms with Gasteiger partial charge in [0.25, 0.3) is 0 Å². The highest BCUT2D eigenvalue weighted by Gasteiger charge is 2.32. The molecule has 1 amide bonds. The molecule has 1 atom stereocenters. The SMILES string of the molecule is CC(C)N1c2ncc(CN3CC=C(c4ccc(Cl)cc4)CC3)cc2NC(=O)[C@@H]1C. The van der Waals surface area contributed by atoms with Gasteiger partial charge in [0.1, 0.15) is 6.04 Å². The number of hydrogen-bond acceptors (Lipinski definition) is 4. The Balaban J connectivity index is 1.47. The zero-order valence-electron chi connectivity index (χ0n) is 17.2. The van der Waals surface area contributed by atoms with Crippen LogP contribution in [0.4, 0.5) is 11.5 Å². The summed E-state index contributed by atoms with van der Waals surface area (Å²) in [5.41, 5.74) is 4.55. The number of amides is 1. The third kappa shape index (κ3) is 4.16. The Hall–Kier alpha value is -2.37. The maximum atomic E-state index is 12.4. The van der Waals surface area contributed by atoms with Crippen molar-refractivity contribution in [2.24, 2.45) is 0 Å². The van der Waals surface area contributed by atoms with Gasteiger partial charge in [0.05, 0.1) is 5.69 Å². The number of nitrogens with zero attached hydrogens (tertiary/aromatic N) is 3. The van der Waals surface area contributed by atoms with Crippen LogP contribution in [0.3, 0.4) is 0 Å². The lowest BCUT2D eigenvalue weighted by atomic mass is 9.99. The Morgan fingerprint density at radius 1 is 1.28 bits per heavy atom. The minimum absolute atomic E-state index is 0.0265. The van der Waals surface area contributed by atoms with Crippen molar-refractivity contribution in [3.63, 3.8) is 0 Å². The molecule has 29 heavy (non-hydrogen) atoms. The Morgan fingerprint density at radius 3 is 2.69 bits per heavy atom. The van der Waals surface area contributed by atoms with E-state index >= 15 is 0 Å². The van der Waals surface area contributed by atoms with Gasteiger partial charge in [-0.15, -0.1) is 0 Å². The Kier molecular flexibility index (Phi) is 5.61. The van der Waals surface area contributed by atoms with Gasteiger partial charge in [0.2, 0.25) is 5.91 Å². The molecule has 4 rings (SSSR count). The highest BCUT2D eigenvalue weighted by molar-refractivity contribution is 6.30. The van der Waals surface area contributed by atoms with E-state index in [2.05, 4.69) is 53.2 Å². The molecule has 6 heteroatoms. The maximum Gasteiger partial charge on any atom is 0.246 e. The zero-order valence-corrected chi connectivity index (χ0v) is 17.9. The Labute approximate surface area is 177 Å². The summed E-state index contributed by atoms with van der Waals surface area (Å²) >= 11 is 5.99. The number of rotatable bonds is 4. The number of halogens is 1. The molecule has 2 aliphatic heterocycles. The first-order valence-electron chi connectivity index (χ1n) is 10.2. The Morgan fingerprint density at radius 2 is 2.03 bits per heavy atom. The second-order valence-corrected chi connectivity index (χ2v) is 8.54. The fourth-order valence-corrected chi connectivity index (χ4v) is 4.29. The number of fused-ring (bicyclic) bond motifs is 1. The van der Waals surface area contributed by atoms with Crippen LogP contribution in [-0.2, 0) is 11.3 Å². The summed E-state index contributed by atoms with van der Waals surface area (Å²) < 4.78 is 0. The monoisotopic (exact) mass is 410 g/mol. The third-order valence-corrected chi connectivity index (χ3v) is 5.95. The van der Waals surface area contributed by atoms with Crippen molar-refractivity contribution in [2.45, 2.75) is 45.8 Å². The Bertz CT molecular complexity index is 938. The number of pyridine rings is 1. The fourth-order valence-electron chi connectivity index (χ4n) is 4.16. The number of nitrogens with one attached hydrogen (secondary N) is 1. The van der Waals surface area contributed by atoms with Gasteiger partial charge in [-0.05, 0) is 62.1 Å². The van der Waals surface area contributed by atoms with Crippen molar-refractivity contribution in [3.8, 4) is 0 Å². The molecule has 1 aromatic carbocycles. The van der Waals surface area contributed by atoms with Crippen LogP contribution in [0.5, 0.6) is 0 Å². The molecule has 0 unspecified atom stereocenters. The second-order valence-electron chi connectivity index (χ2n) is 8.10. The van der Waals surface area contributed by atoms with Crippen molar-refractivity contribution in [2.75, 3.05) is 23.3 Å². The van der Waals surface area contributed by atoms with Gasteiger partial charge in [-0.2, -0.15) is 0 Å². The summed E-state index contributed by atoms with van der Waals surface area (Å²) in [6, 6.07) is 10.1. The van der Waals surface area contributed by atoms with E-state index in [-0.39, 0.29) is 18.0 Å². The summed E-state index contributed by atoms with van der Waals surface area (Å²) in [6.45, 7) is 8.81. The summed E-state index contributed by atoms with van der Waals surface area (Å²) in [5, 5.41) is 3.79. The van der Waals surface area contributed by atoms with Crippen LogP contribution in [-0.4, -0.2) is 41.0 Å². The molecule has 2 aromatic rings. The van der Waals surface area contributed by atoms with E-state index in [1.165, 1.54) is 11.1 Å². The quantitative estimate of drug-likeness (QED) is 0.801. The summed E-state index contributed by atoms with van der Waals surface area (Å²) in [6.07, 6.45) is 5.24. The van der Waals surface area contributed by atoms with Crippen LogP contribution in [0.2, 0.25) is 5.02 Å². The van der Waals surface area contributed by atoms with Gasteiger partial charge in [-0.3, -0.25) is 9.69 Å². The van der Waals surface area contributed by atoms with E-state index in [0.29, 0.717) is 0 Å². The predicted molar refractivity (Wildman–Crippen MR) is 119 cm³/mol. The molecule has 5 nitrogen and oxygen atoms in total. The molecule has 1 N–H and O–H groups in total. The molecule has 3 heterocycles. The number of hydrogen-bond donors (Lipinski definition) is 1. The average Bonchev–Trinajstić information content (AvgIpc) is 2.70. The predicted octanol–water partition coefficient (Wildman–Crippen LogP) is 4.58. The minimum atomic E-state index is -0.209. The standard InChI is InChI=1S/C23H27ClN4O/c1-15(2)28-16(3)23(29)26-21-12-17(13-25-22(21)28)14-27-10-8-19(9-11-27)18-4-6-20(24)7-5-18/h4-8,12-13,15-16H,9-11,14H2,1-3H3,(H,26,29)/t16-/m0/s1. The molecule has 0 radical (unpaired) electrons. The molecule has 1 aromatic heterocycles. The summed E-state index contributed by atoms with van der Waals surface area (Å²) in [4.78, 5) is 21.5. The summed E-state index contributed by atoms with van der Waals surface area (Å²) in [7, 11) is 0. The first kappa shape index (κ1) is 19.9. The van der Waals surface area contributed by atoms with Gasteiger partial charge in [0.15, 0.2) is 5.82 Å².